The number of nitrogens with one attached hydrogen (secondary N) is 2. The number of hydrogen-bond acceptors (Lipinski definition) is 5. The summed E-state index contributed by atoms with van der Waals surface area (Å²) in [6.45, 7) is 1.90. The maximum atomic E-state index is 12.0. The molecule has 1 amide bonds. The Morgan fingerprint density at radius 1 is 1.31 bits per heavy atom. The Hall–Kier alpha value is -2.93. The van der Waals surface area contributed by atoms with Crippen LogP contribution >= 0.6 is 0 Å². The monoisotopic (exact) mass is 355 g/mol. The van der Waals surface area contributed by atoms with Gasteiger partial charge in [0.05, 0.1) is 17.2 Å². The van der Waals surface area contributed by atoms with Crippen LogP contribution in [0.25, 0.3) is 10.9 Å². The average Bonchev–Trinajstić information content (AvgIpc) is 3.14. The lowest BCUT2D eigenvalue weighted by Gasteiger charge is -2.13. The molecule has 1 aromatic carbocycles. The molecule has 0 spiro atoms. The summed E-state index contributed by atoms with van der Waals surface area (Å²) in [5.74, 6) is 1.08. The number of aryl methyl sites for hydroxylation is 1. The summed E-state index contributed by atoms with van der Waals surface area (Å²) in [7, 11) is 0. The number of H-pyrrole nitrogens is 1. The van der Waals surface area contributed by atoms with Crippen molar-refractivity contribution < 1.29 is 13.9 Å². The second kappa shape index (κ2) is 8.44. The van der Waals surface area contributed by atoms with Gasteiger partial charge in [0.25, 0.3) is 5.56 Å². The van der Waals surface area contributed by atoms with Gasteiger partial charge in [-0.05, 0) is 37.6 Å². The van der Waals surface area contributed by atoms with Gasteiger partial charge in [0.2, 0.25) is 5.91 Å². The Kier molecular flexibility index (Phi) is 5.80. The number of ether oxygens (including phenoxy) is 1. The van der Waals surface area contributed by atoms with Crippen LogP contribution in [0.2, 0.25) is 0 Å². The van der Waals surface area contributed by atoms with Crippen molar-refractivity contribution in [2.24, 2.45) is 0 Å². The molecule has 7 heteroatoms. The molecule has 7 nitrogen and oxygen atoms in total. The van der Waals surface area contributed by atoms with Gasteiger partial charge in [0.1, 0.15) is 24.8 Å². The number of fused-ring (bicyclic) bond motifs is 1. The first-order chi connectivity index (χ1) is 12.6. The number of aromatic nitrogens is 2. The highest BCUT2D eigenvalue weighted by molar-refractivity contribution is 5.77. The molecule has 0 aliphatic heterocycles. The molecule has 0 radical (unpaired) electrons. The first-order valence-electron chi connectivity index (χ1n) is 8.49. The van der Waals surface area contributed by atoms with Crippen molar-refractivity contribution >= 4 is 16.8 Å². The first-order valence-corrected chi connectivity index (χ1v) is 8.49. The second-order valence-corrected chi connectivity index (χ2v) is 6.11. The lowest BCUT2D eigenvalue weighted by atomic mass is 10.1. The van der Waals surface area contributed by atoms with Crippen LogP contribution in [0.5, 0.6) is 0 Å². The Morgan fingerprint density at radius 2 is 2.15 bits per heavy atom. The van der Waals surface area contributed by atoms with Crippen molar-refractivity contribution in [2.45, 2.75) is 32.4 Å². The van der Waals surface area contributed by atoms with Gasteiger partial charge in [0.15, 0.2) is 0 Å². The fraction of sp³-hybridized carbons (Fsp3) is 0.316. The van der Waals surface area contributed by atoms with E-state index in [0.717, 1.165) is 18.6 Å². The predicted molar refractivity (Wildman–Crippen MR) is 96.7 cm³/mol. The zero-order valence-electron chi connectivity index (χ0n) is 14.5. The summed E-state index contributed by atoms with van der Waals surface area (Å²) >= 11 is 0. The largest absolute Gasteiger partial charge is 0.469 e. The fourth-order valence-corrected chi connectivity index (χ4v) is 2.65. The Balaban J connectivity index is 1.44. The number of rotatable bonds is 8. The van der Waals surface area contributed by atoms with E-state index in [1.54, 1.807) is 24.5 Å². The highest BCUT2D eigenvalue weighted by Gasteiger charge is 2.09. The van der Waals surface area contributed by atoms with Crippen molar-refractivity contribution in [3.63, 3.8) is 0 Å². The molecule has 0 bridgehead atoms. The number of carbonyl (C=O) groups excluding carboxylic acids is 1. The first kappa shape index (κ1) is 17.9. The van der Waals surface area contributed by atoms with E-state index in [0.29, 0.717) is 16.7 Å². The number of benzene rings is 1. The minimum Gasteiger partial charge on any atom is -0.469 e. The molecular formula is C19H21N3O4. The summed E-state index contributed by atoms with van der Waals surface area (Å²) < 4.78 is 10.6. The number of hydrogen-bond donors (Lipinski definition) is 2. The molecule has 2 aromatic heterocycles. The quantitative estimate of drug-likeness (QED) is 0.645. The van der Waals surface area contributed by atoms with Crippen LogP contribution in [0.15, 0.2) is 51.9 Å². The number of furan rings is 1. The third-order valence-corrected chi connectivity index (χ3v) is 3.95. The van der Waals surface area contributed by atoms with Gasteiger partial charge >= 0.3 is 0 Å². The normalized spacial score (nSPS) is 12.2. The predicted octanol–water partition coefficient (Wildman–Crippen LogP) is 2.17. The van der Waals surface area contributed by atoms with Gasteiger partial charge < -0.3 is 19.5 Å². The van der Waals surface area contributed by atoms with Crippen LogP contribution in [-0.4, -0.2) is 28.5 Å². The molecular weight excluding hydrogens is 334 g/mol. The average molecular weight is 355 g/mol. The number of amides is 1. The Bertz CT molecular complexity index is 918. The lowest BCUT2D eigenvalue weighted by Crippen LogP contribution is -2.35. The minimum absolute atomic E-state index is 0.00907. The summed E-state index contributed by atoms with van der Waals surface area (Å²) in [4.78, 5) is 30.9. The van der Waals surface area contributed by atoms with E-state index in [-0.39, 0.29) is 30.7 Å². The summed E-state index contributed by atoms with van der Waals surface area (Å²) in [5, 5.41) is 3.40. The SMILES string of the molecule is CC(CCc1ccco1)NC(=O)COCc1nc2ccccc2c(=O)[nH]1. The van der Waals surface area contributed by atoms with E-state index < -0.39 is 0 Å². The van der Waals surface area contributed by atoms with Gasteiger partial charge in [-0.1, -0.05) is 12.1 Å². The van der Waals surface area contributed by atoms with E-state index in [1.807, 2.05) is 25.1 Å². The third kappa shape index (κ3) is 4.80. The van der Waals surface area contributed by atoms with E-state index in [2.05, 4.69) is 15.3 Å². The van der Waals surface area contributed by atoms with Crippen molar-refractivity contribution in [1.82, 2.24) is 15.3 Å². The number of para-hydroxylation sites is 1. The standard InChI is InChI=1S/C19H21N3O4/c1-13(8-9-14-5-4-10-26-14)20-18(23)12-25-11-17-21-16-7-3-2-6-15(16)19(24)22-17/h2-7,10,13H,8-9,11-12H2,1H3,(H,20,23)(H,21,22,24). The van der Waals surface area contributed by atoms with Crippen LogP contribution in [-0.2, 0) is 22.6 Å². The minimum atomic E-state index is -0.217. The molecule has 0 fully saturated rings. The molecule has 1 atom stereocenters. The van der Waals surface area contributed by atoms with Crippen molar-refractivity contribution in [2.75, 3.05) is 6.61 Å². The van der Waals surface area contributed by atoms with Gasteiger partial charge in [-0.3, -0.25) is 9.59 Å². The fourth-order valence-electron chi connectivity index (χ4n) is 2.65. The number of carbonyl (C=O) groups is 1. The molecule has 26 heavy (non-hydrogen) atoms. The van der Waals surface area contributed by atoms with Gasteiger partial charge in [-0.25, -0.2) is 4.98 Å². The smallest absolute Gasteiger partial charge is 0.258 e. The Labute approximate surface area is 150 Å². The summed E-state index contributed by atoms with van der Waals surface area (Å²) in [5.41, 5.74) is 0.385. The molecule has 3 aromatic rings. The maximum absolute atomic E-state index is 12.0. The van der Waals surface area contributed by atoms with Crippen molar-refractivity contribution in [1.29, 1.82) is 0 Å². The van der Waals surface area contributed by atoms with Crippen molar-refractivity contribution in [3.05, 3.63) is 64.6 Å². The summed E-state index contributed by atoms with van der Waals surface area (Å²) in [6, 6.07) is 10.8. The molecule has 1 unspecified atom stereocenters. The second-order valence-electron chi connectivity index (χ2n) is 6.11. The van der Waals surface area contributed by atoms with Crippen LogP contribution in [0.3, 0.4) is 0 Å². The Morgan fingerprint density at radius 3 is 2.96 bits per heavy atom. The zero-order chi connectivity index (χ0) is 18.4. The van der Waals surface area contributed by atoms with Crippen LogP contribution in [0.1, 0.15) is 24.9 Å². The number of nitrogens with zero attached hydrogens (tertiary/aromatic N) is 1. The molecule has 0 saturated heterocycles. The molecule has 0 aliphatic rings. The van der Waals surface area contributed by atoms with E-state index in [1.165, 1.54) is 0 Å². The third-order valence-electron chi connectivity index (χ3n) is 3.95. The van der Waals surface area contributed by atoms with Crippen molar-refractivity contribution in [3.8, 4) is 0 Å². The lowest BCUT2D eigenvalue weighted by molar-refractivity contribution is -0.126. The molecule has 2 N–H and O–H groups in total. The molecule has 0 aliphatic carbocycles. The highest BCUT2D eigenvalue weighted by atomic mass is 16.5. The highest BCUT2D eigenvalue weighted by Crippen LogP contribution is 2.07. The van der Waals surface area contributed by atoms with E-state index in [9.17, 15) is 9.59 Å². The molecule has 0 saturated carbocycles. The zero-order valence-corrected chi connectivity index (χ0v) is 14.5. The molecule has 136 valence electrons. The van der Waals surface area contributed by atoms with Crippen LogP contribution < -0.4 is 10.9 Å². The van der Waals surface area contributed by atoms with Crippen LogP contribution in [0.4, 0.5) is 0 Å². The summed E-state index contributed by atoms with van der Waals surface area (Å²) in [6.07, 6.45) is 3.17. The maximum Gasteiger partial charge on any atom is 0.258 e. The van der Waals surface area contributed by atoms with Crippen LogP contribution in [0, 0.1) is 0 Å². The molecule has 2 heterocycles. The van der Waals surface area contributed by atoms with Gasteiger partial charge in [0, 0.05) is 12.5 Å². The van der Waals surface area contributed by atoms with E-state index in [4.69, 9.17) is 9.15 Å². The number of aromatic amines is 1. The topological polar surface area (TPSA) is 97.2 Å². The van der Waals surface area contributed by atoms with E-state index >= 15 is 0 Å². The van der Waals surface area contributed by atoms with Gasteiger partial charge in [-0.15, -0.1) is 0 Å². The molecule has 3 rings (SSSR count). The van der Waals surface area contributed by atoms with Gasteiger partial charge in [-0.2, -0.15) is 0 Å².